The molecule has 0 radical (unpaired) electrons. The second-order valence-corrected chi connectivity index (χ2v) is 7.10. The molecule has 1 saturated heterocycles. The summed E-state index contributed by atoms with van der Waals surface area (Å²) in [5.74, 6) is 0.555. The normalized spacial score (nSPS) is 17.1. The second-order valence-electron chi connectivity index (χ2n) is 7.10. The Balaban J connectivity index is 1.90. The highest BCUT2D eigenvalue weighted by atomic mass is 16.5. The molecule has 6 heteroatoms. The van der Waals surface area contributed by atoms with Crippen molar-refractivity contribution < 1.29 is 9.53 Å². The summed E-state index contributed by atoms with van der Waals surface area (Å²) >= 11 is 0. The van der Waals surface area contributed by atoms with E-state index in [1.165, 1.54) is 0 Å². The number of carbonyl (C=O) groups excluding carboxylic acids is 1. The number of hydrogen-bond acceptors (Lipinski definition) is 4. The van der Waals surface area contributed by atoms with Crippen molar-refractivity contribution in [2.75, 3.05) is 32.8 Å². The van der Waals surface area contributed by atoms with Crippen LogP contribution < -0.4 is 10.6 Å². The Morgan fingerprint density at radius 3 is 2.41 bits per heavy atom. The van der Waals surface area contributed by atoms with E-state index >= 15 is 0 Å². The molecular weight excluding hydrogens is 340 g/mol. The largest absolute Gasteiger partial charge is 0.379 e. The Morgan fingerprint density at radius 1 is 1.22 bits per heavy atom. The van der Waals surface area contributed by atoms with Crippen LogP contribution >= 0.6 is 0 Å². The number of nitrogens with one attached hydrogen (secondary N) is 2. The Hall–Kier alpha value is -2.10. The Morgan fingerprint density at radius 2 is 1.85 bits per heavy atom. The Kier molecular flexibility index (Phi) is 8.56. The maximum atomic E-state index is 12.4. The minimum atomic E-state index is -0.156. The van der Waals surface area contributed by atoms with Gasteiger partial charge in [0.1, 0.15) is 0 Å². The van der Waals surface area contributed by atoms with Gasteiger partial charge >= 0.3 is 6.03 Å². The SMILES string of the molecule is CCC(CC)[C@H](CNC(=O)N[C@H](C)c1ccc(C#N)cc1)N1CCOCC1. The first-order valence-electron chi connectivity index (χ1n) is 9.95. The second kappa shape index (κ2) is 10.9. The summed E-state index contributed by atoms with van der Waals surface area (Å²) in [7, 11) is 0. The van der Waals surface area contributed by atoms with Crippen LogP contribution in [0.5, 0.6) is 0 Å². The van der Waals surface area contributed by atoms with Gasteiger partial charge in [-0.05, 0) is 30.5 Å². The molecule has 148 valence electrons. The summed E-state index contributed by atoms with van der Waals surface area (Å²) in [5, 5.41) is 14.9. The van der Waals surface area contributed by atoms with Crippen molar-refractivity contribution in [2.45, 2.75) is 45.7 Å². The van der Waals surface area contributed by atoms with Crippen LogP contribution in [0.2, 0.25) is 0 Å². The molecule has 0 unspecified atom stereocenters. The van der Waals surface area contributed by atoms with Crippen LogP contribution in [0.15, 0.2) is 24.3 Å². The molecule has 1 aromatic carbocycles. The topological polar surface area (TPSA) is 77.4 Å². The van der Waals surface area contributed by atoms with E-state index in [4.69, 9.17) is 10.00 Å². The standard InChI is InChI=1S/C21H32N4O2/c1-4-18(5-2)20(25-10-12-27-13-11-25)15-23-21(26)24-16(3)19-8-6-17(14-22)7-9-19/h6-9,16,18,20H,4-5,10-13,15H2,1-3H3,(H2,23,24,26)/t16-,20+/m1/s1. The van der Waals surface area contributed by atoms with Gasteiger partial charge in [0.15, 0.2) is 0 Å². The highest BCUT2D eigenvalue weighted by molar-refractivity contribution is 5.74. The molecule has 0 spiro atoms. The number of ether oxygens (including phenoxy) is 1. The van der Waals surface area contributed by atoms with Crippen molar-refractivity contribution >= 4 is 6.03 Å². The molecule has 27 heavy (non-hydrogen) atoms. The van der Waals surface area contributed by atoms with E-state index in [2.05, 4.69) is 35.5 Å². The van der Waals surface area contributed by atoms with Crippen LogP contribution in [0.25, 0.3) is 0 Å². The van der Waals surface area contributed by atoms with Gasteiger partial charge in [-0.3, -0.25) is 4.90 Å². The lowest BCUT2D eigenvalue weighted by molar-refractivity contribution is 0.00236. The van der Waals surface area contributed by atoms with Gasteiger partial charge in [0.25, 0.3) is 0 Å². The van der Waals surface area contributed by atoms with Gasteiger partial charge < -0.3 is 15.4 Å². The van der Waals surface area contributed by atoms with Crippen LogP contribution in [0.1, 0.15) is 50.8 Å². The highest BCUT2D eigenvalue weighted by Crippen LogP contribution is 2.19. The zero-order valence-electron chi connectivity index (χ0n) is 16.7. The maximum Gasteiger partial charge on any atom is 0.315 e. The summed E-state index contributed by atoms with van der Waals surface area (Å²) in [4.78, 5) is 14.9. The average molecular weight is 373 g/mol. The van der Waals surface area contributed by atoms with E-state index in [1.807, 2.05) is 19.1 Å². The van der Waals surface area contributed by atoms with Gasteiger partial charge in [-0.2, -0.15) is 5.26 Å². The summed E-state index contributed by atoms with van der Waals surface area (Å²) in [6, 6.07) is 9.47. The number of hydrogen-bond donors (Lipinski definition) is 2. The molecule has 2 amide bonds. The van der Waals surface area contributed by atoms with Crippen molar-refractivity contribution in [2.24, 2.45) is 5.92 Å². The molecular formula is C21H32N4O2. The number of rotatable bonds is 8. The van der Waals surface area contributed by atoms with Crippen LogP contribution in [0.3, 0.4) is 0 Å². The van der Waals surface area contributed by atoms with Gasteiger partial charge in [0, 0.05) is 25.7 Å². The summed E-state index contributed by atoms with van der Waals surface area (Å²) in [5.41, 5.74) is 1.60. The number of morpholine rings is 1. The molecule has 1 aromatic rings. The molecule has 2 atom stereocenters. The van der Waals surface area contributed by atoms with E-state index in [0.29, 0.717) is 24.1 Å². The third-order valence-electron chi connectivity index (χ3n) is 5.47. The summed E-state index contributed by atoms with van der Waals surface area (Å²) < 4.78 is 5.48. The molecule has 0 aromatic heterocycles. The Labute approximate surface area is 162 Å². The van der Waals surface area contributed by atoms with Gasteiger partial charge in [-0.25, -0.2) is 4.79 Å². The lowest BCUT2D eigenvalue weighted by Gasteiger charge is -2.38. The fourth-order valence-electron chi connectivity index (χ4n) is 3.71. The molecule has 0 saturated carbocycles. The first kappa shape index (κ1) is 21.2. The first-order chi connectivity index (χ1) is 13.1. The van der Waals surface area contributed by atoms with Gasteiger partial charge in [-0.1, -0.05) is 38.8 Å². The molecule has 2 rings (SSSR count). The van der Waals surface area contributed by atoms with Crippen molar-refractivity contribution in [3.63, 3.8) is 0 Å². The molecule has 0 bridgehead atoms. The van der Waals surface area contributed by atoms with Crippen LogP contribution in [-0.2, 0) is 4.74 Å². The molecule has 1 aliphatic rings. The number of nitriles is 1. The maximum absolute atomic E-state index is 12.4. The third kappa shape index (κ3) is 6.23. The fourth-order valence-corrected chi connectivity index (χ4v) is 3.71. The lowest BCUT2D eigenvalue weighted by Crippen LogP contribution is -2.53. The molecule has 1 aliphatic heterocycles. The molecule has 6 nitrogen and oxygen atoms in total. The van der Waals surface area contributed by atoms with Crippen LogP contribution in [0, 0.1) is 17.2 Å². The number of benzene rings is 1. The zero-order valence-corrected chi connectivity index (χ0v) is 16.7. The quantitative estimate of drug-likeness (QED) is 0.735. The summed E-state index contributed by atoms with van der Waals surface area (Å²) in [6.07, 6.45) is 2.20. The molecule has 1 heterocycles. The van der Waals surface area contributed by atoms with Gasteiger partial charge in [0.05, 0.1) is 30.9 Å². The number of amides is 2. The highest BCUT2D eigenvalue weighted by Gasteiger charge is 2.27. The van der Waals surface area contributed by atoms with E-state index in [-0.39, 0.29) is 12.1 Å². The minimum Gasteiger partial charge on any atom is -0.379 e. The van der Waals surface area contributed by atoms with Crippen LogP contribution in [0.4, 0.5) is 4.79 Å². The van der Waals surface area contributed by atoms with Crippen LogP contribution in [-0.4, -0.2) is 49.8 Å². The fraction of sp³-hybridized carbons (Fsp3) is 0.619. The van der Waals surface area contributed by atoms with E-state index in [1.54, 1.807) is 12.1 Å². The number of carbonyl (C=O) groups is 1. The monoisotopic (exact) mass is 372 g/mol. The first-order valence-corrected chi connectivity index (χ1v) is 9.95. The van der Waals surface area contributed by atoms with E-state index < -0.39 is 0 Å². The van der Waals surface area contributed by atoms with E-state index in [9.17, 15) is 4.79 Å². The molecule has 1 fully saturated rings. The van der Waals surface area contributed by atoms with Gasteiger partial charge in [0.2, 0.25) is 0 Å². The average Bonchev–Trinajstić information content (AvgIpc) is 2.71. The Bertz CT molecular complexity index is 616. The molecule has 0 aliphatic carbocycles. The minimum absolute atomic E-state index is 0.118. The molecule has 2 N–H and O–H groups in total. The van der Waals surface area contributed by atoms with E-state index in [0.717, 1.165) is 44.7 Å². The smallest absolute Gasteiger partial charge is 0.315 e. The van der Waals surface area contributed by atoms with Crippen molar-refractivity contribution in [1.82, 2.24) is 15.5 Å². The number of nitrogens with zero attached hydrogens (tertiary/aromatic N) is 2. The van der Waals surface area contributed by atoms with Crippen molar-refractivity contribution in [1.29, 1.82) is 5.26 Å². The predicted octanol–water partition coefficient (Wildman–Crippen LogP) is 3.06. The predicted molar refractivity (Wildman–Crippen MR) is 106 cm³/mol. The van der Waals surface area contributed by atoms with Crippen molar-refractivity contribution in [3.05, 3.63) is 35.4 Å². The number of urea groups is 1. The van der Waals surface area contributed by atoms with Gasteiger partial charge in [-0.15, -0.1) is 0 Å². The third-order valence-corrected chi connectivity index (χ3v) is 5.47. The lowest BCUT2D eigenvalue weighted by atomic mass is 9.92. The van der Waals surface area contributed by atoms with Crippen molar-refractivity contribution in [3.8, 4) is 6.07 Å². The summed E-state index contributed by atoms with van der Waals surface area (Å²) in [6.45, 7) is 10.4. The zero-order chi connectivity index (χ0) is 19.6.